The largest absolute Gasteiger partial charge is 0.480 e. The van der Waals surface area contributed by atoms with Gasteiger partial charge in [-0.3, -0.25) is 9.59 Å². The molecule has 2 atom stereocenters. The molecule has 0 unspecified atom stereocenters. The van der Waals surface area contributed by atoms with Crippen molar-refractivity contribution < 1.29 is 32.3 Å². The number of carbonyl (C=O) groups is 2. The van der Waals surface area contributed by atoms with Crippen LogP contribution in [-0.4, -0.2) is 60.3 Å². The number of H-pyrrole nitrogens is 1. The number of para-hydroxylation sites is 1. The molecule has 4 heterocycles. The van der Waals surface area contributed by atoms with Crippen molar-refractivity contribution in [3.8, 4) is 16.9 Å². The predicted octanol–water partition coefficient (Wildman–Crippen LogP) is 5.72. The van der Waals surface area contributed by atoms with Gasteiger partial charge in [-0.25, -0.2) is 19.0 Å². The lowest BCUT2D eigenvalue weighted by Gasteiger charge is -2.27. The number of amides is 1. The van der Waals surface area contributed by atoms with Crippen LogP contribution in [0.3, 0.4) is 0 Å². The van der Waals surface area contributed by atoms with Crippen LogP contribution < -0.4 is 15.5 Å². The number of aliphatic carboxylic acids is 1. The van der Waals surface area contributed by atoms with E-state index >= 15 is 4.39 Å². The summed E-state index contributed by atoms with van der Waals surface area (Å²) in [6.45, 7) is 7.72. The molecule has 268 valence electrons. The molecule has 2 aromatic carbocycles. The molecule has 11 nitrogen and oxygen atoms in total. The highest BCUT2D eigenvalue weighted by atomic mass is 19.4. The second-order valence-electron chi connectivity index (χ2n) is 12.6. The Morgan fingerprint density at radius 2 is 1.73 bits per heavy atom. The summed E-state index contributed by atoms with van der Waals surface area (Å²) in [6.07, 6.45) is 0.478. The number of aromatic amines is 1. The predicted molar refractivity (Wildman–Crippen MR) is 183 cm³/mol. The van der Waals surface area contributed by atoms with Gasteiger partial charge in [-0.1, -0.05) is 32.0 Å². The lowest BCUT2D eigenvalue weighted by atomic mass is 9.95. The number of carboxylic acid groups (broad SMARTS) is 1. The maximum Gasteiger partial charge on any atom is 0.419 e. The highest BCUT2D eigenvalue weighted by Crippen LogP contribution is 2.41. The zero-order chi connectivity index (χ0) is 36.6. The van der Waals surface area contributed by atoms with E-state index in [0.717, 1.165) is 34.9 Å². The lowest BCUT2D eigenvalue weighted by Crippen LogP contribution is -2.47. The quantitative estimate of drug-likeness (QED) is 0.128. The number of aryl methyl sites for hydroxylation is 2. The first-order chi connectivity index (χ1) is 24.3. The normalized spacial score (nSPS) is 14.4. The van der Waals surface area contributed by atoms with Gasteiger partial charge in [0.2, 0.25) is 11.9 Å². The minimum Gasteiger partial charge on any atom is -0.480 e. The first-order valence-electron chi connectivity index (χ1n) is 16.7. The third kappa shape index (κ3) is 6.89. The molecule has 5 aromatic rings. The molecule has 0 saturated carbocycles. The smallest absolute Gasteiger partial charge is 0.419 e. The topological polar surface area (TPSA) is 141 Å². The van der Waals surface area contributed by atoms with Crippen molar-refractivity contribution in [1.29, 1.82) is 0 Å². The molecule has 0 saturated heterocycles. The van der Waals surface area contributed by atoms with Crippen LogP contribution in [0, 0.1) is 5.82 Å². The van der Waals surface area contributed by atoms with Gasteiger partial charge in [-0.2, -0.15) is 18.3 Å². The number of carbonyl (C=O) groups excluding carboxylic acids is 1. The van der Waals surface area contributed by atoms with E-state index in [-0.39, 0.29) is 19.0 Å². The number of hydrogen-bond acceptors (Lipinski definition) is 7. The standard InChI is InChI=1S/C36H38F4N8O3/c1-5-21-8-7-9-22(6-2)31(21)48-32(26-18-47(13-11-28(26)46-48)35-43-16-24(17-44-35)36(38,39)40)29-25-10-12-41-30(25)23(14-27(29)37)15-42-19(3)33(49)45-20(4)34(50)51/h7-10,12,14,16-17,19-20,41-42H,5-6,11,13,15,18H2,1-4H3,(H,45,49)(H,50,51)/t19-,20-/m0/s1. The molecule has 3 aromatic heterocycles. The number of hydrogen-bond donors (Lipinski definition) is 4. The molecular formula is C36H38F4N8O3. The minimum absolute atomic E-state index is 0.0965. The van der Waals surface area contributed by atoms with Crippen molar-refractivity contribution >= 4 is 28.7 Å². The molecule has 1 aliphatic heterocycles. The Hall–Kier alpha value is -5.31. The van der Waals surface area contributed by atoms with Crippen LogP contribution in [-0.2, 0) is 48.1 Å². The molecule has 51 heavy (non-hydrogen) atoms. The van der Waals surface area contributed by atoms with Crippen LogP contribution in [0.4, 0.5) is 23.5 Å². The number of nitrogens with one attached hydrogen (secondary N) is 3. The van der Waals surface area contributed by atoms with E-state index in [0.29, 0.717) is 59.1 Å². The van der Waals surface area contributed by atoms with Crippen LogP contribution in [0.5, 0.6) is 0 Å². The van der Waals surface area contributed by atoms with Crippen LogP contribution in [0.25, 0.3) is 27.8 Å². The van der Waals surface area contributed by atoms with E-state index in [9.17, 15) is 22.8 Å². The Kier molecular flexibility index (Phi) is 9.84. The van der Waals surface area contributed by atoms with Gasteiger partial charge in [-0.15, -0.1) is 0 Å². The van der Waals surface area contributed by atoms with Crippen molar-refractivity contribution in [2.24, 2.45) is 0 Å². The molecule has 0 fully saturated rings. The van der Waals surface area contributed by atoms with Gasteiger partial charge in [0, 0.05) is 61.2 Å². The van der Waals surface area contributed by atoms with Crippen LogP contribution in [0.2, 0.25) is 0 Å². The summed E-state index contributed by atoms with van der Waals surface area (Å²) in [7, 11) is 0. The molecule has 4 N–H and O–H groups in total. The number of fused-ring (bicyclic) bond motifs is 2. The Morgan fingerprint density at radius 3 is 2.35 bits per heavy atom. The fourth-order valence-corrected chi connectivity index (χ4v) is 6.49. The third-order valence-electron chi connectivity index (χ3n) is 9.29. The van der Waals surface area contributed by atoms with E-state index in [2.05, 4.69) is 25.6 Å². The number of rotatable bonds is 11. The summed E-state index contributed by atoms with van der Waals surface area (Å²) in [5, 5.41) is 20.3. The number of benzene rings is 2. The fraction of sp³-hybridized carbons (Fsp3) is 0.361. The van der Waals surface area contributed by atoms with Crippen LogP contribution in [0.15, 0.2) is 48.9 Å². The zero-order valence-electron chi connectivity index (χ0n) is 28.5. The first kappa shape index (κ1) is 35.5. The van der Waals surface area contributed by atoms with Gasteiger partial charge < -0.3 is 25.6 Å². The van der Waals surface area contributed by atoms with E-state index < -0.39 is 41.5 Å². The number of carboxylic acids is 1. The van der Waals surface area contributed by atoms with E-state index in [1.54, 1.807) is 24.1 Å². The first-order valence-corrected chi connectivity index (χ1v) is 16.7. The molecule has 15 heteroatoms. The molecule has 1 amide bonds. The number of alkyl halides is 3. The Balaban J connectivity index is 1.45. The summed E-state index contributed by atoms with van der Waals surface area (Å²) in [5.74, 6) is -2.08. The molecular weight excluding hydrogens is 668 g/mol. The Bertz CT molecular complexity index is 2070. The lowest BCUT2D eigenvalue weighted by molar-refractivity contribution is -0.141. The summed E-state index contributed by atoms with van der Waals surface area (Å²) in [4.78, 5) is 36.8. The maximum atomic E-state index is 16.8. The van der Waals surface area contributed by atoms with Gasteiger partial charge in [0.25, 0.3) is 0 Å². The van der Waals surface area contributed by atoms with Crippen molar-refractivity contribution in [2.45, 2.75) is 78.3 Å². The summed E-state index contributed by atoms with van der Waals surface area (Å²) in [5.41, 5.74) is 5.40. The van der Waals surface area contributed by atoms with Crippen molar-refractivity contribution in [1.82, 2.24) is 35.4 Å². The molecule has 6 rings (SSSR count). The number of aromatic nitrogens is 5. The molecule has 1 aliphatic rings. The van der Waals surface area contributed by atoms with Gasteiger partial charge >= 0.3 is 12.1 Å². The van der Waals surface area contributed by atoms with Crippen molar-refractivity contribution in [3.63, 3.8) is 0 Å². The SMILES string of the molecule is CCc1cccc(CC)c1-n1nc2c(c1-c1c(F)cc(CN[C@@H](C)C(=O)N[C@@H](C)C(=O)O)c3[nH]ccc13)CN(c1ncc(C(F)(F)F)cn1)CC2. The van der Waals surface area contributed by atoms with E-state index in [1.165, 1.54) is 13.0 Å². The highest BCUT2D eigenvalue weighted by Gasteiger charge is 2.34. The van der Waals surface area contributed by atoms with Gasteiger partial charge in [0.05, 0.1) is 34.2 Å². The number of anilines is 1. The number of nitrogens with zero attached hydrogens (tertiary/aromatic N) is 5. The average molecular weight is 707 g/mol. The maximum absolute atomic E-state index is 16.8. The van der Waals surface area contributed by atoms with Crippen LogP contribution >= 0.6 is 0 Å². The van der Waals surface area contributed by atoms with Crippen molar-refractivity contribution in [2.75, 3.05) is 11.4 Å². The molecule has 0 aliphatic carbocycles. The second-order valence-corrected chi connectivity index (χ2v) is 12.6. The Morgan fingerprint density at radius 1 is 1.04 bits per heavy atom. The Labute approximate surface area is 291 Å². The zero-order valence-corrected chi connectivity index (χ0v) is 28.5. The van der Waals surface area contributed by atoms with E-state index in [1.807, 2.05) is 36.7 Å². The van der Waals surface area contributed by atoms with Crippen molar-refractivity contribution in [3.05, 3.63) is 88.3 Å². The molecule has 0 bridgehead atoms. The van der Waals surface area contributed by atoms with Gasteiger partial charge in [-0.05, 0) is 55.5 Å². The summed E-state index contributed by atoms with van der Waals surface area (Å²) in [6, 6.07) is 7.37. The van der Waals surface area contributed by atoms with Crippen LogP contribution in [0.1, 0.15) is 61.2 Å². The summed E-state index contributed by atoms with van der Waals surface area (Å²) < 4.78 is 58.4. The van der Waals surface area contributed by atoms with E-state index in [4.69, 9.17) is 10.2 Å². The summed E-state index contributed by atoms with van der Waals surface area (Å²) >= 11 is 0. The molecule has 0 radical (unpaired) electrons. The second kappa shape index (κ2) is 14.1. The fourth-order valence-electron chi connectivity index (χ4n) is 6.49. The monoisotopic (exact) mass is 706 g/mol. The number of halogens is 4. The highest BCUT2D eigenvalue weighted by molar-refractivity contribution is 5.98. The van der Waals surface area contributed by atoms with Gasteiger partial charge in [0.1, 0.15) is 11.9 Å². The minimum atomic E-state index is -4.57. The molecule has 0 spiro atoms. The van der Waals surface area contributed by atoms with Gasteiger partial charge in [0.15, 0.2) is 0 Å². The third-order valence-corrected chi connectivity index (χ3v) is 9.29. The average Bonchev–Trinajstić information content (AvgIpc) is 3.75.